The summed E-state index contributed by atoms with van der Waals surface area (Å²) in [5.41, 5.74) is 6.64. The average Bonchev–Trinajstić information content (AvgIpc) is 2.79. The number of hydrogen-bond donors (Lipinski definition) is 2. The molecule has 1 fully saturated rings. The van der Waals surface area contributed by atoms with Crippen LogP contribution in [0.5, 0.6) is 0 Å². The highest BCUT2D eigenvalue weighted by Gasteiger charge is 2.31. The second kappa shape index (κ2) is 8.06. The van der Waals surface area contributed by atoms with Crippen LogP contribution < -0.4 is 11.1 Å². The van der Waals surface area contributed by atoms with Crippen molar-refractivity contribution < 1.29 is 4.74 Å². The molecule has 0 aromatic carbocycles. The second-order valence-corrected chi connectivity index (χ2v) is 5.59. The normalized spacial score (nSPS) is 20.6. The van der Waals surface area contributed by atoms with Crippen molar-refractivity contribution in [2.24, 2.45) is 11.1 Å². The Morgan fingerprint density at radius 1 is 1.35 bits per heavy atom. The molecule has 0 amide bonds. The van der Waals surface area contributed by atoms with Crippen LogP contribution in [-0.2, 0) is 4.74 Å². The standard InChI is InChI=1S/C14H30N2O/c1-3-14(8-4-5-9-14)12-16-11-13(15)7-6-10-17-2/h13,16H,3-12,15H2,1-2H3. The zero-order valence-electron chi connectivity index (χ0n) is 11.6. The van der Waals surface area contributed by atoms with Crippen molar-refractivity contribution in [3.05, 3.63) is 0 Å². The summed E-state index contributed by atoms with van der Waals surface area (Å²) in [7, 11) is 1.74. The molecular formula is C14H30N2O. The molecule has 1 atom stereocenters. The largest absolute Gasteiger partial charge is 0.385 e. The summed E-state index contributed by atoms with van der Waals surface area (Å²) in [6.07, 6.45) is 9.05. The Morgan fingerprint density at radius 2 is 2.06 bits per heavy atom. The van der Waals surface area contributed by atoms with Crippen LogP contribution in [-0.4, -0.2) is 32.8 Å². The molecule has 0 saturated heterocycles. The average molecular weight is 242 g/mol. The molecule has 0 aliphatic heterocycles. The fraction of sp³-hybridized carbons (Fsp3) is 1.00. The molecule has 3 N–H and O–H groups in total. The van der Waals surface area contributed by atoms with E-state index in [1.54, 1.807) is 7.11 Å². The first-order chi connectivity index (χ1) is 8.22. The highest BCUT2D eigenvalue weighted by atomic mass is 16.5. The summed E-state index contributed by atoms with van der Waals surface area (Å²) in [6.45, 7) is 5.26. The summed E-state index contributed by atoms with van der Waals surface area (Å²) in [5, 5.41) is 3.58. The van der Waals surface area contributed by atoms with Gasteiger partial charge in [-0.3, -0.25) is 0 Å². The van der Waals surface area contributed by atoms with Gasteiger partial charge in [0, 0.05) is 32.8 Å². The van der Waals surface area contributed by atoms with Crippen molar-refractivity contribution >= 4 is 0 Å². The van der Waals surface area contributed by atoms with E-state index >= 15 is 0 Å². The van der Waals surface area contributed by atoms with Gasteiger partial charge in [-0.05, 0) is 37.5 Å². The molecular weight excluding hydrogens is 212 g/mol. The number of nitrogens with one attached hydrogen (secondary N) is 1. The number of rotatable bonds is 9. The van der Waals surface area contributed by atoms with Crippen LogP contribution in [0, 0.1) is 5.41 Å². The van der Waals surface area contributed by atoms with Gasteiger partial charge in [-0.25, -0.2) is 0 Å². The van der Waals surface area contributed by atoms with E-state index in [2.05, 4.69) is 12.2 Å². The molecule has 17 heavy (non-hydrogen) atoms. The molecule has 1 unspecified atom stereocenters. The van der Waals surface area contributed by atoms with Crippen molar-refractivity contribution in [2.45, 2.75) is 57.9 Å². The Hall–Kier alpha value is -0.120. The number of nitrogens with two attached hydrogens (primary N) is 1. The number of ether oxygens (including phenoxy) is 1. The first kappa shape index (κ1) is 14.9. The molecule has 3 heteroatoms. The van der Waals surface area contributed by atoms with Gasteiger partial charge in [-0.2, -0.15) is 0 Å². The molecule has 1 aliphatic carbocycles. The van der Waals surface area contributed by atoms with Gasteiger partial charge >= 0.3 is 0 Å². The molecule has 3 nitrogen and oxygen atoms in total. The van der Waals surface area contributed by atoms with Crippen LogP contribution in [0.2, 0.25) is 0 Å². The van der Waals surface area contributed by atoms with Crippen molar-refractivity contribution in [1.82, 2.24) is 5.32 Å². The summed E-state index contributed by atoms with van der Waals surface area (Å²) >= 11 is 0. The molecule has 0 aromatic heterocycles. The van der Waals surface area contributed by atoms with Crippen LogP contribution in [0.3, 0.4) is 0 Å². The van der Waals surface area contributed by atoms with Gasteiger partial charge in [0.15, 0.2) is 0 Å². The van der Waals surface area contributed by atoms with Crippen LogP contribution in [0.1, 0.15) is 51.9 Å². The Kier molecular flexibility index (Phi) is 7.09. The third-order valence-corrected chi connectivity index (χ3v) is 4.24. The smallest absolute Gasteiger partial charge is 0.0462 e. The fourth-order valence-electron chi connectivity index (χ4n) is 2.89. The second-order valence-electron chi connectivity index (χ2n) is 5.59. The summed E-state index contributed by atoms with van der Waals surface area (Å²) in [5.74, 6) is 0. The van der Waals surface area contributed by atoms with Crippen molar-refractivity contribution in [1.29, 1.82) is 0 Å². The molecule has 0 radical (unpaired) electrons. The van der Waals surface area contributed by atoms with E-state index in [4.69, 9.17) is 10.5 Å². The molecule has 102 valence electrons. The maximum absolute atomic E-state index is 6.07. The van der Waals surface area contributed by atoms with E-state index in [1.807, 2.05) is 0 Å². The van der Waals surface area contributed by atoms with E-state index in [0.717, 1.165) is 32.5 Å². The lowest BCUT2D eigenvalue weighted by atomic mass is 9.83. The fourth-order valence-corrected chi connectivity index (χ4v) is 2.89. The van der Waals surface area contributed by atoms with E-state index in [9.17, 15) is 0 Å². The van der Waals surface area contributed by atoms with Gasteiger partial charge < -0.3 is 15.8 Å². The molecule has 1 saturated carbocycles. The Morgan fingerprint density at radius 3 is 2.65 bits per heavy atom. The highest BCUT2D eigenvalue weighted by Crippen LogP contribution is 2.40. The van der Waals surface area contributed by atoms with Crippen LogP contribution in [0.15, 0.2) is 0 Å². The third-order valence-electron chi connectivity index (χ3n) is 4.24. The van der Waals surface area contributed by atoms with Gasteiger partial charge in [-0.1, -0.05) is 19.8 Å². The topological polar surface area (TPSA) is 47.3 Å². The molecule has 0 bridgehead atoms. The van der Waals surface area contributed by atoms with Crippen LogP contribution in [0.4, 0.5) is 0 Å². The lowest BCUT2D eigenvalue weighted by Gasteiger charge is -2.28. The minimum absolute atomic E-state index is 0.278. The summed E-state index contributed by atoms with van der Waals surface area (Å²) in [4.78, 5) is 0. The quantitative estimate of drug-likeness (QED) is 0.610. The Labute approximate surface area is 106 Å². The SMILES string of the molecule is CCC1(CNCC(N)CCCOC)CCCC1. The minimum atomic E-state index is 0.278. The van der Waals surface area contributed by atoms with E-state index < -0.39 is 0 Å². The molecule has 1 rings (SSSR count). The van der Waals surface area contributed by atoms with Crippen LogP contribution >= 0.6 is 0 Å². The van der Waals surface area contributed by atoms with E-state index in [1.165, 1.54) is 32.1 Å². The maximum atomic E-state index is 6.07. The first-order valence-electron chi connectivity index (χ1n) is 7.18. The minimum Gasteiger partial charge on any atom is -0.385 e. The van der Waals surface area contributed by atoms with Crippen molar-refractivity contribution in [2.75, 3.05) is 26.8 Å². The predicted molar refractivity (Wildman–Crippen MR) is 73.1 cm³/mol. The van der Waals surface area contributed by atoms with Crippen LogP contribution in [0.25, 0.3) is 0 Å². The van der Waals surface area contributed by atoms with Gasteiger partial charge in [0.05, 0.1) is 0 Å². The molecule has 0 spiro atoms. The van der Waals surface area contributed by atoms with Gasteiger partial charge in [-0.15, -0.1) is 0 Å². The number of methoxy groups -OCH3 is 1. The monoisotopic (exact) mass is 242 g/mol. The van der Waals surface area contributed by atoms with E-state index in [-0.39, 0.29) is 6.04 Å². The zero-order chi connectivity index (χ0) is 12.6. The lowest BCUT2D eigenvalue weighted by molar-refractivity contribution is 0.189. The zero-order valence-corrected chi connectivity index (χ0v) is 11.6. The predicted octanol–water partition coefficient (Wildman–Crippen LogP) is 2.30. The van der Waals surface area contributed by atoms with Crippen molar-refractivity contribution in [3.63, 3.8) is 0 Å². The summed E-state index contributed by atoms with van der Waals surface area (Å²) < 4.78 is 5.04. The molecule has 0 heterocycles. The Bertz CT molecular complexity index is 191. The van der Waals surface area contributed by atoms with Gasteiger partial charge in [0.2, 0.25) is 0 Å². The molecule has 0 aromatic rings. The highest BCUT2D eigenvalue weighted by molar-refractivity contribution is 4.85. The van der Waals surface area contributed by atoms with Crippen molar-refractivity contribution in [3.8, 4) is 0 Å². The third kappa shape index (κ3) is 5.36. The summed E-state index contributed by atoms with van der Waals surface area (Å²) in [6, 6.07) is 0.278. The maximum Gasteiger partial charge on any atom is 0.0462 e. The Balaban J connectivity index is 2.09. The van der Waals surface area contributed by atoms with E-state index in [0.29, 0.717) is 5.41 Å². The van der Waals surface area contributed by atoms with Gasteiger partial charge in [0.25, 0.3) is 0 Å². The lowest BCUT2D eigenvalue weighted by Crippen LogP contribution is -2.39. The molecule has 1 aliphatic rings. The first-order valence-corrected chi connectivity index (χ1v) is 7.18. The number of hydrogen-bond acceptors (Lipinski definition) is 3. The van der Waals surface area contributed by atoms with Gasteiger partial charge in [0.1, 0.15) is 0 Å².